The number of thiazole rings is 1. The summed E-state index contributed by atoms with van der Waals surface area (Å²) >= 11 is 1.69. The fourth-order valence-electron chi connectivity index (χ4n) is 3.26. The first kappa shape index (κ1) is 15.6. The fourth-order valence-corrected chi connectivity index (χ4v) is 3.90. The van der Waals surface area contributed by atoms with Crippen molar-refractivity contribution in [2.75, 3.05) is 26.2 Å². The summed E-state index contributed by atoms with van der Waals surface area (Å²) in [7, 11) is 0. The lowest BCUT2D eigenvalue weighted by Gasteiger charge is -2.38. The van der Waals surface area contributed by atoms with Gasteiger partial charge in [0, 0.05) is 49.4 Å². The van der Waals surface area contributed by atoms with Crippen LogP contribution in [0.25, 0.3) is 0 Å². The SMILES string of the molecule is O=C(c1cccc(OC2CN(Cc3cncs3)C2)c1)N1CCCC1. The van der Waals surface area contributed by atoms with Crippen molar-refractivity contribution in [3.05, 3.63) is 46.4 Å². The Labute approximate surface area is 145 Å². The summed E-state index contributed by atoms with van der Waals surface area (Å²) in [6, 6.07) is 7.61. The van der Waals surface area contributed by atoms with Crippen LogP contribution in [0.3, 0.4) is 0 Å². The van der Waals surface area contributed by atoms with Crippen molar-refractivity contribution in [2.45, 2.75) is 25.5 Å². The molecule has 1 aromatic carbocycles. The van der Waals surface area contributed by atoms with Crippen LogP contribution in [-0.2, 0) is 6.54 Å². The summed E-state index contributed by atoms with van der Waals surface area (Å²) < 4.78 is 6.03. The number of rotatable bonds is 5. The predicted octanol–water partition coefficient (Wildman–Crippen LogP) is 2.64. The molecule has 0 aliphatic carbocycles. The van der Waals surface area contributed by atoms with Gasteiger partial charge in [0.05, 0.1) is 5.51 Å². The Morgan fingerprint density at radius 2 is 2.12 bits per heavy atom. The van der Waals surface area contributed by atoms with Gasteiger partial charge >= 0.3 is 0 Å². The van der Waals surface area contributed by atoms with Crippen molar-refractivity contribution in [3.8, 4) is 5.75 Å². The van der Waals surface area contributed by atoms with Crippen LogP contribution in [0, 0.1) is 0 Å². The highest BCUT2D eigenvalue weighted by molar-refractivity contribution is 7.09. The average molecular weight is 343 g/mol. The minimum absolute atomic E-state index is 0.124. The number of nitrogens with zero attached hydrogens (tertiary/aromatic N) is 3. The van der Waals surface area contributed by atoms with Gasteiger partial charge in [-0.1, -0.05) is 6.07 Å². The van der Waals surface area contributed by atoms with Crippen LogP contribution in [-0.4, -0.2) is 53.0 Å². The molecule has 2 aliphatic rings. The van der Waals surface area contributed by atoms with Crippen molar-refractivity contribution in [1.29, 1.82) is 0 Å². The molecule has 24 heavy (non-hydrogen) atoms. The molecule has 5 nitrogen and oxygen atoms in total. The van der Waals surface area contributed by atoms with E-state index in [1.807, 2.05) is 40.9 Å². The maximum Gasteiger partial charge on any atom is 0.253 e. The topological polar surface area (TPSA) is 45.7 Å². The van der Waals surface area contributed by atoms with Crippen molar-refractivity contribution in [2.24, 2.45) is 0 Å². The summed E-state index contributed by atoms with van der Waals surface area (Å²) in [5.41, 5.74) is 2.60. The normalized spacial score (nSPS) is 18.6. The number of hydrogen-bond donors (Lipinski definition) is 0. The third kappa shape index (κ3) is 3.44. The zero-order chi connectivity index (χ0) is 16.4. The van der Waals surface area contributed by atoms with E-state index in [0.717, 1.165) is 56.9 Å². The van der Waals surface area contributed by atoms with Crippen molar-refractivity contribution < 1.29 is 9.53 Å². The molecule has 126 valence electrons. The molecule has 0 unspecified atom stereocenters. The van der Waals surface area contributed by atoms with E-state index >= 15 is 0 Å². The molecule has 3 heterocycles. The molecule has 6 heteroatoms. The highest BCUT2D eigenvalue weighted by atomic mass is 32.1. The summed E-state index contributed by atoms with van der Waals surface area (Å²) in [6.45, 7) is 4.53. The Hall–Kier alpha value is -1.92. The second-order valence-electron chi connectivity index (χ2n) is 6.43. The quantitative estimate of drug-likeness (QED) is 0.837. The van der Waals surface area contributed by atoms with Crippen LogP contribution in [0.15, 0.2) is 36.0 Å². The van der Waals surface area contributed by atoms with Crippen LogP contribution in [0.4, 0.5) is 0 Å². The molecule has 2 fully saturated rings. The van der Waals surface area contributed by atoms with Gasteiger partial charge < -0.3 is 9.64 Å². The first-order valence-corrected chi connectivity index (χ1v) is 9.31. The zero-order valence-corrected chi connectivity index (χ0v) is 14.4. The lowest BCUT2D eigenvalue weighted by molar-refractivity contribution is 0.0151. The van der Waals surface area contributed by atoms with Crippen LogP contribution >= 0.6 is 11.3 Å². The summed E-state index contributed by atoms with van der Waals surface area (Å²) in [5, 5.41) is 0. The minimum Gasteiger partial charge on any atom is -0.488 e. The first-order valence-electron chi connectivity index (χ1n) is 8.44. The first-order chi connectivity index (χ1) is 11.8. The highest BCUT2D eigenvalue weighted by Gasteiger charge is 2.29. The smallest absolute Gasteiger partial charge is 0.253 e. The molecular weight excluding hydrogens is 322 g/mol. The maximum atomic E-state index is 12.5. The highest BCUT2D eigenvalue weighted by Crippen LogP contribution is 2.23. The van der Waals surface area contributed by atoms with E-state index in [1.165, 1.54) is 4.88 Å². The van der Waals surface area contributed by atoms with Crippen LogP contribution in [0.5, 0.6) is 5.75 Å². The van der Waals surface area contributed by atoms with Gasteiger partial charge in [0.15, 0.2) is 0 Å². The molecule has 0 bridgehead atoms. The van der Waals surface area contributed by atoms with Gasteiger partial charge in [-0.3, -0.25) is 14.7 Å². The van der Waals surface area contributed by atoms with E-state index in [1.54, 1.807) is 11.3 Å². The molecule has 2 aromatic rings. The van der Waals surface area contributed by atoms with Gasteiger partial charge in [-0.05, 0) is 31.0 Å². The Bertz CT molecular complexity index is 692. The number of benzene rings is 1. The zero-order valence-electron chi connectivity index (χ0n) is 13.6. The van der Waals surface area contributed by atoms with Gasteiger partial charge in [0.2, 0.25) is 0 Å². The molecular formula is C18H21N3O2S. The number of aromatic nitrogens is 1. The minimum atomic E-state index is 0.124. The van der Waals surface area contributed by atoms with Gasteiger partial charge in [-0.15, -0.1) is 11.3 Å². The van der Waals surface area contributed by atoms with Gasteiger partial charge in [-0.25, -0.2) is 0 Å². The Kier molecular flexibility index (Phi) is 4.49. The van der Waals surface area contributed by atoms with E-state index in [2.05, 4.69) is 9.88 Å². The average Bonchev–Trinajstić information content (AvgIpc) is 3.26. The second-order valence-corrected chi connectivity index (χ2v) is 7.40. The van der Waals surface area contributed by atoms with E-state index < -0.39 is 0 Å². The maximum absolute atomic E-state index is 12.5. The summed E-state index contributed by atoms with van der Waals surface area (Å²) in [6.07, 6.45) is 4.35. The number of likely N-dealkylation sites (tertiary alicyclic amines) is 2. The summed E-state index contributed by atoms with van der Waals surface area (Å²) in [4.78, 5) is 22.1. The lowest BCUT2D eigenvalue weighted by Crippen LogP contribution is -2.52. The molecule has 2 saturated heterocycles. The third-order valence-electron chi connectivity index (χ3n) is 4.56. The van der Waals surface area contributed by atoms with Crippen molar-refractivity contribution in [1.82, 2.24) is 14.8 Å². The molecule has 2 aliphatic heterocycles. The molecule has 0 atom stereocenters. The van der Waals surface area contributed by atoms with Crippen molar-refractivity contribution >= 4 is 17.2 Å². The Balaban J connectivity index is 1.31. The molecule has 4 rings (SSSR count). The molecule has 0 saturated carbocycles. The van der Waals surface area contributed by atoms with E-state index in [-0.39, 0.29) is 12.0 Å². The van der Waals surface area contributed by atoms with Crippen molar-refractivity contribution in [3.63, 3.8) is 0 Å². The predicted molar refractivity (Wildman–Crippen MR) is 93.4 cm³/mol. The fraction of sp³-hybridized carbons (Fsp3) is 0.444. The van der Waals surface area contributed by atoms with E-state index in [4.69, 9.17) is 4.74 Å². The number of ether oxygens (including phenoxy) is 1. The van der Waals surface area contributed by atoms with E-state index in [0.29, 0.717) is 0 Å². The lowest BCUT2D eigenvalue weighted by atomic mass is 10.1. The van der Waals surface area contributed by atoms with Gasteiger partial charge in [0.25, 0.3) is 5.91 Å². The van der Waals surface area contributed by atoms with Crippen LogP contribution < -0.4 is 4.74 Å². The molecule has 0 spiro atoms. The molecule has 1 aromatic heterocycles. The summed E-state index contributed by atoms with van der Waals surface area (Å²) in [5.74, 6) is 0.917. The van der Waals surface area contributed by atoms with Crippen LogP contribution in [0.2, 0.25) is 0 Å². The standard InChI is InChI=1S/C18H21N3O2S/c22-18(21-6-1-2-7-21)14-4-3-5-15(8-14)23-16-10-20(11-16)12-17-9-19-13-24-17/h3-5,8-9,13,16H,1-2,6-7,10-12H2. The van der Waals surface area contributed by atoms with E-state index in [9.17, 15) is 4.79 Å². The largest absolute Gasteiger partial charge is 0.488 e. The van der Waals surface area contributed by atoms with Gasteiger partial charge in [-0.2, -0.15) is 0 Å². The molecule has 0 N–H and O–H groups in total. The number of carbonyl (C=O) groups is 1. The molecule has 0 radical (unpaired) electrons. The second kappa shape index (κ2) is 6.91. The van der Waals surface area contributed by atoms with Gasteiger partial charge in [0.1, 0.15) is 11.9 Å². The number of carbonyl (C=O) groups excluding carboxylic acids is 1. The third-order valence-corrected chi connectivity index (χ3v) is 5.33. The molecule has 1 amide bonds. The number of amides is 1. The monoisotopic (exact) mass is 343 g/mol. The van der Waals surface area contributed by atoms with Crippen LogP contribution in [0.1, 0.15) is 28.1 Å². The number of hydrogen-bond acceptors (Lipinski definition) is 5. The Morgan fingerprint density at radius 3 is 2.88 bits per heavy atom. The Morgan fingerprint density at radius 1 is 1.29 bits per heavy atom.